The Bertz CT molecular complexity index is 737. The predicted octanol–water partition coefficient (Wildman–Crippen LogP) is 7.08. The fraction of sp³-hybridized carbons (Fsp3) is 0.400. The van der Waals surface area contributed by atoms with Gasteiger partial charge in [0.2, 0.25) is 0 Å². The van der Waals surface area contributed by atoms with Gasteiger partial charge in [0.05, 0.1) is 23.5 Å². The van der Waals surface area contributed by atoms with Crippen LogP contribution in [0.5, 0.6) is 0 Å². The quantitative estimate of drug-likeness (QED) is 0.309. The summed E-state index contributed by atoms with van der Waals surface area (Å²) in [7, 11) is 3.98. The highest BCUT2D eigenvalue weighted by Gasteiger charge is 2.31. The molecule has 1 aliphatic carbocycles. The molecule has 2 aromatic rings. The van der Waals surface area contributed by atoms with Crippen molar-refractivity contribution in [1.29, 1.82) is 0 Å². The highest BCUT2D eigenvalue weighted by molar-refractivity contribution is 9.10. The Labute approximate surface area is 182 Å². The maximum absolute atomic E-state index is 4.45. The normalized spacial score (nSPS) is 20.0. The van der Waals surface area contributed by atoms with Gasteiger partial charge in [0.1, 0.15) is 0 Å². The topological polar surface area (TPSA) is 55.9 Å². The SMILES string of the molecule is CN(N=Nc1ccc(Br)cc1)C1CCCCC1N(C)N=Nc1ccc(Br)cc1. The van der Waals surface area contributed by atoms with E-state index in [4.69, 9.17) is 0 Å². The van der Waals surface area contributed by atoms with Crippen LogP contribution in [0.25, 0.3) is 0 Å². The number of hydrogen-bond donors (Lipinski definition) is 0. The summed E-state index contributed by atoms with van der Waals surface area (Å²) >= 11 is 6.87. The molecule has 2 unspecified atom stereocenters. The van der Waals surface area contributed by atoms with Crippen molar-refractivity contribution < 1.29 is 0 Å². The second-order valence-electron chi connectivity index (χ2n) is 6.90. The standard InChI is InChI=1S/C20H24Br2N6/c1-27(25-23-17-11-7-15(21)8-12-17)19-5-3-4-6-20(19)28(2)26-24-18-13-9-16(22)10-14-18/h7-14,19-20H,3-6H2,1-2H3. The Balaban J connectivity index is 1.66. The fourth-order valence-corrected chi connectivity index (χ4v) is 3.88. The van der Waals surface area contributed by atoms with Gasteiger partial charge in [-0.15, -0.1) is 10.2 Å². The molecule has 1 fully saturated rings. The molecule has 0 aliphatic heterocycles. The van der Waals surface area contributed by atoms with E-state index in [0.29, 0.717) is 0 Å². The molecule has 3 rings (SSSR count). The largest absolute Gasteiger partial charge is 0.276 e. The van der Waals surface area contributed by atoms with Crippen LogP contribution in [0.15, 0.2) is 78.2 Å². The second-order valence-corrected chi connectivity index (χ2v) is 8.73. The van der Waals surface area contributed by atoms with Crippen LogP contribution in [0.3, 0.4) is 0 Å². The minimum atomic E-state index is 0.252. The first-order valence-corrected chi connectivity index (χ1v) is 10.9. The monoisotopic (exact) mass is 506 g/mol. The van der Waals surface area contributed by atoms with E-state index in [9.17, 15) is 0 Å². The third-order valence-corrected chi connectivity index (χ3v) is 5.97. The van der Waals surface area contributed by atoms with Crippen molar-refractivity contribution >= 4 is 43.2 Å². The van der Waals surface area contributed by atoms with E-state index >= 15 is 0 Å². The molecule has 28 heavy (non-hydrogen) atoms. The van der Waals surface area contributed by atoms with Gasteiger partial charge in [0.15, 0.2) is 0 Å². The van der Waals surface area contributed by atoms with Gasteiger partial charge in [-0.05, 0) is 61.4 Å². The molecule has 0 N–H and O–H groups in total. The minimum Gasteiger partial charge on any atom is -0.276 e. The molecule has 148 valence electrons. The maximum atomic E-state index is 4.45. The van der Waals surface area contributed by atoms with Gasteiger partial charge >= 0.3 is 0 Å². The molecule has 0 spiro atoms. The van der Waals surface area contributed by atoms with Crippen LogP contribution in [0.4, 0.5) is 11.4 Å². The summed E-state index contributed by atoms with van der Waals surface area (Å²) in [5.41, 5.74) is 1.68. The highest BCUT2D eigenvalue weighted by atomic mass is 79.9. The van der Waals surface area contributed by atoms with Crippen LogP contribution in [0, 0.1) is 0 Å². The van der Waals surface area contributed by atoms with Crippen molar-refractivity contribution in [2.45, 2.75) is 37.8 Å². The number of benzene rings is 2. The van der Waals surface area contributed by atoms with Crippen molar-refractivity contribution in [1.82, 2.24) is 10.0 Å². The van der Waals surface area contributed by atoms with E-state index in [-0.39, 0.29) is 12.1 Å². The van der Waals surface area contributed by atoms with Crippen molar-refractivity contribution in [2.24, 2.45) is 20.7 Å². The summed E-state index contributed by atoms with van der Waals surface area (Å²) in [4.78, 5) is 0. The van der Waals surface area contributed by atoms with E-state index < -0.39 is 0 Å². The van der Waals surface area contributed by atoms with Gasteiger partial charge in [-0.1, -0.05) is 55.1 Å². The lowest BCUT2D eigenvalue weighted by Gasteiger charge is -2.38. The third-order valence-electron chi connectivity index (χ3n) is 4.91. The summed E-state index contributed by atoms with van der Waals surface area (Å²) in [6.07, 6.45) is 4.52. The lowest BCUT2D eigenvalue weighted by molar-refractivity contribution is 0.0721. The van der Waals surface area contributed by atoms with Crippen molar-refractivity contribution in [3.8, 4) is 0 Å². The Hall–Kier alpha value is -1.80. The first-order valence-electron chi connectivity index (χ1n) is 9.33. The first-order chi connectivity index (χ1) is 13.5. The molecule has 2 atom stereocenters. The molecule has 0 amide bonds. The zero-order valence-corrected chi connectivity index (χ0v) is 19.2. The Morgan fingerprint density at radius 3 is 1.39 bits per heavy atom. The van der Waals surface area contributed by atoms with Gasteiger partial charge < -0.3 is 0 Å². The summed E-state index contributed by atoms with van der Waals surface area (Å²) < 4.78 is 2.06. The Kier molecular flexibility index (Phi) is 7.56. The molecule has 6 nitrogen and oxygen atoms in total. The van der Waals surface area contributed by atoms with Crippen molar-refractivity contribution in [2.75, 3.05) is 14.1 Å². The zero-order valence-electron chi connectivity index (χ0n) is 16.0. The average Bonchev–Trinajstić information content (AvgIpc) is 2.72. The van der Waals surface area contributed by atoms with Gasteiger partial charge in [0, 0.05) is 23.0 Å². The lowest BCUT2D eigenvalue weighted by atomic mass is 9.90. The summed E-state index contributed by atoms with van der Waals surface area (Å²) in [5, 5.41) is 21.6. The van der Waals surface area contributed by atoms with Crippen LogP contribution >= 0.6 is 31.9 Å². The predicted molar refractivity (Wildman–Crippen MR) is 119 cm³/mol. The molecule has 1 saturated carbocycles. The third kappa shape index (κ3) is 5.85. The van der Waals surface area contributed by atoms with E-state index in [2.05, 4.69) is 52.5 Å². The van der Waals surface area contributed by atoms with Crippen LogP contribution in [0.1, 0.15) is 25.7 Å². The van der Waals surface area contributed by atoms with Crippen LogP contribution in [-0.4, -0.2) is 36.2 Å². The van der Waals surface area contributed by atoms with Crippen molar-refractivity contribution in [3.63, 3.8) is 0 Å². The Morgan fingerprint density at radius 1 is 0.679 bits per heavy atom. The highest BCUT2D eigenvalue weighted by Crippen LogP contribution is 2.28. The fourth-order valence-electron chi connectivity index (χ4n) is 3.36. The van der Waals surface area contributed by atoms with Crippen molar-refractivity contribution in [3.05, 3.63) is 57.5 Å². The average molecular weight is 508 g/mol. The molecule has 0 aromatic heterocycles. The van der Waals surface area contributed by atoms with E-state index in [1.54, 1.807) is 0 Å². The number of rotatable bonds is 6. The molecule has 2 aromatic carbocycles. The van der Waals surface area contributed by atoms with E-state index in [1.807, 2.05) is 72.6 Å². The summed E-state index contributed by atoms with van der Waals surface area (Å²) in [5.74, 6) is 0. The van der Waals surface area contributed by atoms with Gasteiger partial charge in [-0.2, -0.15) is 0 Å². The number of halogens is 2. The summed E-state index contributed by atoms with van der Waals surface area (Å²) in [6.45, 7) is 0. The van der Waals surface area contributed by atoms with Crippen LogP contribution < -0.4 is 0 Å². The molecule has 1 aliphatic rings. The van der Waals surface area contributed by atoms with Crippen LogP contribution in [0.2, 0.25) is 0 Å². The van der Waals surface area contributed by atoms with Gasteiger partial charge in [-0.3, -0.25) is 10.0 Å². The number of nitrogens with zero attached hydrogens (tertiary/aromatic N) is 6. The van der Waals surface area contributed by atoms with E-state index in [1.165, 1.54) is 12.8 Å². The maximum Gasteiger partial charge on any atom is 0.0875 e. The molecule has 0 heterocycles. The number of likely N-dealkylation sites (N-methyl/N-ethyl adjacent to an activating group) is 2. The molecule has 8 heteroatoms. The minimum absolute atomic E-state index is 0.252. The smallest absolute Gasteiger partial charge is 0.0875 e. The van der Waals surface area contributed by atoms with Gasteiger partial charge in [0.25, 0.3) is 0 Å². The number of hydrogen-bond acceptors (Lipinski definition) is 4. The molecule has 0 radical (unpaired) electrons. The van der Waals surface area contributed by atoms with E-state index in [0.717, 1.165) is 33.2 Å². The molecular formula is C20H24Br2N6. The lowest BCUT2D eigenvalue weighted by Crippen LogP contribution is -2.47. The Morgan fingerprint density at radius 2 is 1.04 bits per heavy atom. The van der Waals surface area contributed by atoms with Gasteiger partial charge in [-0.25, -0.2) is 0 Å². The summed E-state index contributed by atoms with van der Waals surface area (Å²) in [6, 6.07) is 16.1. The zero-order chi connectivity index (χ0) is 19.9. The molecule has 0 bridgehead atoms. The first kappa shape index (κ1) is 20.9. The second kappa shape index (κ2) is 10.1. The molecule has 0 saturated heterocycles. The molecular weight excluding hydrogens is 484 g/mol. The van der Waals surface area contributed by atoms with Crippen LogP contribution in [-0.2, 0) is 0 Å².